The van der Waals surface area contributed by atoms with Gasteiger partial charge in [-0.1, -0.05) is 27.5 Å². The molecule has 6 heteroatoms. The van der Waals surface area contributed by atoms with E-state index in [1.807, 2.05) is 26.0 Å². The van der Waals surface area contributed by atoms with Crippen molar-refractivity contribution < 1.29 is 9.47 Å². The second kappa shape index (κ2) is 5.75. The molecular weight excluding hydrogens is 332 g/mol. The summed E-state index contributed by atoms with van der Waals surface area (Å²) in [5, 5.41) is 0.332. The zero-order chi connectivity index (χ0) is 14.0. The van der Waals surface area contributed by atoms with Crippen LogP contribution >= 0.6 is 27.5 Å². The molecule has 0 spiro atoms. The van der Waals surface area contributed by atoms with Crippen LogP contribution in [-0.4, -0.2) is 17.1 Å². The monoisotopic (exact) mass is 342 g/mol. The van der Waals surface area contributed by atoms with Crippen molar-refractivity contribution in [3.63, 3.8) is 0 Å². The summed E-state index contributed by atoms with van der Waals surface area (Å²) in [6, 6.07) is 4.02. The Kier molecular flexibility index (Phi) is 4.27. The molecule has 0 N–H and O–H groups in total. The van der Waals surface area contributed by atoms with Gasteiger partial charge >= 0.3 is 6.01 Å². The van der Waals surface area contributed by atoms with Gasteiger partial charge in [0.2, 0.25) is 5.88 Å². The molecule has 2 aromatic rings. The van der Waals surface area contributed by atoms with Crippen LogP contribution in [0.5, 0.6) is 17.6 Å². The molecular formula is C13H12BrClN2O2. The van der Waals surface area contributed by atoms with Gasteiger partial charge in [-0.15, -0.1) is 0 Å². The summed E-state index contributed by atoms with van der Waals surface area (Å²) in [5.74, 6) is 0.940. The Labute approximate surface area is 124 Å². The maximum Gasteiger partial charge on any atom is 0.319 e. The minimum atomic E-state index is 0.213. The highest BCUT2D eigenvalue weighted by Crippen LogP contribution is 2.32. The lowest BCUT2D eigenvalue weighted by atomic mass is 10.1. The Bertz CT molecular complexity index is 597. The number of hydrogen-bond acceptors (Lipinski definition) is 4. The quantitative estimate of drug-likeness (QED) is 0.833. The molecule has 0 fully saturated rings. The van der Waals surface area contributed by atoms with Gasteiger partial charge in [0, 0.05) is 4.47 Å². The smallest absolute Gasteiger partial charge is 0.319 e. The Hall–Kier alpha value is -1.33. The van der Waals surface area contributed by atoms with E-state index in [1.165, 1.54) is 13.3 Å². The fourth-order valence-electron chi connectivity index (χ4n) is 1.58. The van der Waals surface area contributed by atoms with E-state index in [-0.39, 0.29) is 11.9 Å². The lowest BCUT2D eigenvalue weighted by Gasteiger charge is -2.10. The normalized spacial score (nSPS) is 10.4. The topological polar surface area (TPSA) is 44.2 Å². The molecule has 4 nitrogen and oxygen atoms in total. The summed E-state index contributed by atoms with van der Waals surface area (Å²) in [4.78, 5) is 7.96. The summed E-state index contributed by atoms with van der Waals surface area (Å²) in [7, 11) is 1.49. The first kappa shape index (κ1) is 14.1. The van der Waals surface area contributed by atoms with E-state index >= 15 is 0 Å². The summed E-state index contributed by atoms with van der Waals surface area (Å²) in [6.45, 7) is 3.98. The third-order valence-electron chi connectivity index (χ3n) is 2.50. The van der Waals surface area contributed by atoms with E-state index in [0.717, 1.165) is 15.6 Å². The van der Waals surface area contributed by atoms with Crippen LogP contribution in [0.2, 0.25) is 5.02 Å². The molecule has 0 unspecified atom stereocenters. The highest BCUT2D eigenvalue weighted by atomic mass is 79.9. The molecule has 0 aliphatic heterocycles. The third kappa shape index (κ3) is 3.16. The summed E-state index contributed by atoms with van der Waals surface area (Å²) >= 11 is 9.51. The molecule has 0 bridgehead atoms. The van der Waals surface area contributed by atoms with Crippen molar-refractivity contribution in [3.8, 4) is 17.6 Å². The number of aromatic nitrogens is 2. The molecule has 1 aromatic carbocycles. The van der Waals surface area contributed by atoms with E-state index in [1.54, 1.807) is 0 Å². The maximum atomic E-state index is 6.00. The number of halogens is 2. The first-order valence-corrected chi connectivity index (χ1v) is 6.69. The van der Waals surface area contributed by atoms with Gasteiger partial charge in [-0.3, -0.25) is 0 Å². The zero-order valence-corrected chi connectivity index (χ0v) is 13.0. The van der Waals surface area contributed by atoms with Gasteiger partial charge in [0.15, 0.2) is 0 Å². The minimum absolute atomic E-state index is 0.213. The molecule has 19 heavy (non-hydrogen) atoms. The Balaban J connectivity index is 2.36. The third-order valence-corrected chi connectivity index (χ3v) is 4.01. The first-order valence-electron chi connectivity index (χ1n) is 5.52. The molecule has 100 valence electrons. The van der Waals surface area contributed by atoms with Crippen LogP contribution in [0.3, 0.4) is 0 Å². The van der Waals surface area contributed by atoms with Gasteiger partial charge in [0.25, 0.3) is 0 Å². The van der Waals surface area contributed by atoms with Crippen molar-refractivity contribution in [2.24, 2.45) is 0 Å². The van der Waals surface area contributed by atoms with E-state index in [4.69, 9.17) is 21.1 Å². The lowest BCUT2D eigenvalue weighted by molar-refractivity contribution is 0.366. The molecule has 0 radical (unpaired) electrons. The highest BCUT2D eigenvalue weighted by molar-refractivity contribution is 9.10. The summed E-state index contributed by atoms with van der Waals surface area (Å²) in [5.41, 5.74) is 2.15. The Morgan fingerprint density at radius 3 is 2.42 bits per heavy atom. The van der Waals surface area contributed by atoms with Crippen LogP contribution in [0.25, 0.3) is 0 Å². The van der Waals surface area contributed by atoms with Gasteiger partial charge in [-0.2, -0.15) is 4.98 Å². The molecule has 0 saturated heterocycles. The SMILES string of the molecule is COc1ncc(Cl)c(Oc2cc(C)c(Br)c(C)c2)n1. The number of aryl methyl sites for hydroxylation is 2. The van der Waals surface area contributed by atoms with Crippen LogP contribution in [0, 0.1) is 13.8 Å². The average Bonchev–Trinajstić information content (AvgIpc) is 2.38. The van der Waals surface area contributed by atoms with Gasteiger partial charge in [-0.05, 0) is 37.1 Å². The second-order valence-corrected chi connectivity index (χ2v) is 5.18. The molecule has 2 rings (SSSR count). The number of nitrogens with zero attached hydrogens (tertiary/aromatic N) is 2. The largest absolute Gasteiger partial charge is 0.467 e. The lowest BCUT2D eigenvalue weighted by Crippen LogP contribution is -1.96. The van der Waals surface area contributed by atoms with Crippen molar-refractivity contribution in [2.45, 2.75) is 13.8 Å². The van der Waals surface area contributed by atoms with Crippen molar-refractivity contribution in [3.05, 3.63) is 39.0 Å². The van der Waals surface area contributed by atoms with Crippen molar-refractivity contribution in [1.82, 2.24) is 9.97 Å². The number of rotatable bonds is 3. The summed E-state index contributed by atoms with van der Waals surface area (Å²) in [6.07, 6.45) is 1.45. The van der Waals surface area contributed by atoms with Crippen LogP contribution in [0.1, 0.15) is 11.1 Å². The Morgan fingerprint density at radius 2 is 1.84 bits per heavy atom. The van der Waals surface area contributed by atoms with Crippen molar-refractivity contribution in [2.75, 3.05) is 7.11 Å². The fraction of sp³-hybridized carbons (Fsp3) is 0.231. The van der Waals surface area contributed by atoms with Gasteiger partial charge in [0.05, 0.1) is 13.3 Å². The molecule has 0 aliphatic rings. The minimum Gasteiger partial charge on any atom is -0.467 e. The number of benzene rings is 1. The highest BCUT2D eigenvalue weighted by Gasteiger charge is 2.10. The maximum absolute atomic E-state index is 6.00. The number of methoxy groups -OCH3 is 1. The van der Waals surface area contributed by atoms with Crippen molar-refractivity contribution >= 4 is 27.5 Å². The van der Waals surface area contributed by atoms with Crippen molar-refractivity contribution in [1.29, 1.82) is 0 Å². The molecule has 0 atom stereocenters. The Morgan fingerprint density at radius 1 is 1.21 bits per heavy atom. The molecule has 1 aromatic heterocycles. The van der Waals surface area contributed by atoms with Crippen LogP contribution in [0.4, 0.5) is 0 Å². The predicted octanol–water partition coefficient (Wildman–Crippen LogP) is 4.31. The number of hydrogen-bond donors (Lipinski definition) is 0. The zero-order valence-electron chi connectivity index (χ0n) is 10.7. The van der Waals surface area contributed by atoms with E-state index in [2.05, 4.69) is 25.9 Å². The average molecular weight is 344 g/mol. The fourth-order valence-corrected chi connectivity index (χ4v) is 1.94. The molecule has 1 heterocycles. The van der Waals surface area contributed by atoms with Gasteiger partial charge in [-0.25, -0.2) is 4.98 Å². The van der Waals surface area contributed by atoms with E-state index in [0.29, 0.717) is 10.8 Å². The van der Waals surface area contributed by atoms with Crippen LogP contribution in [-0.2, 0) is 0 Å². The molecule has 0 amide bonds. The van der Waals surface area contributed by atoms with Crippen LogP contribution in [0.15, 0.2) is 22.8 Å². The second-order valence-electron chi connectivity index (χ2n) is 3.98. The predicted molar refractivity (Wildman–Crippen MR) is 77.3 cm³/mol. The first-order chi connectivity index (χ1) is 9.01. The van der Waals surface area contributed by atoms with Gasteiger partial charge < -0.3 is 9.47 Å². The van der Waals surface area contributed by atoms with Gasteiger partial charge in [0.1, 0.15) is 10.8 Å². The van der Waals surface area contributed by atoms with E-state index < -0.39 is 0 Å². The van der Waals surface area contributed by atoms with Crippen LogP contribution < -0.4 is 9.47 Å². The molecule has 0 aliphatic carbocycles. The molecule has 0 saturated carbocycles. The number of ether oxygens (including phenoxy) is 2. The summed E-state index contributed by atoms with van der Waals surface area (Å²) < 4.78 is 11.7. The standard InChI is InChI=1S/C13H12BrClN2O2/c1-7-4-9(5-8(2)11(7)14)19-12-10(15)6-16-13(17-12)18-3/h4-6H,1-3H3. The van der Waals surface area contributed by atoms with E-state index in [9.17, 15) is 0 Å².